The Morgan fingerprint density at radius 1 is 1.44 bits per heavy atom. The van der Waals surface area contributed by atoms with Crippen molar-refractivity contribution in [2.45, 2.75) is 65.6 Å². The minimum Gasteiger partial charge on any atom is -0.365 e. The summed E-state index contributed by atoms with van der Waals surface area (Å²) in [6, 6.07) is 0. The van der Waals surface area contributed by atoms with Gasteiger partial charge in [0.2, 0.25) is 0 Å². The molecular weight excluding hydrogens is 196 g/mol. The van der Waals surface area contributed by atoms with Crippen molar-refractivity contribution in [2.24, 2.45) is 17.8 Å². The van der Waals surface area contributed by atoms with Gasteiger partial charge in [-0.15, -0.1) is 0 Å². The van der Waals surface area contributed by atoms with Crippen molar-refractivity contribution in [3.05, 3.63) is 11.6 Å². The van der Waals surface area contributed by atoms with Crippen LogP contribution >= 0.6 is 0 Å². The average Bonchev–Trinajstić information content (AvgIpc) is 3.08. The van der Waals surface area contributed by atoms with E-state index in [9.17, 15) is 0 Å². The third-order valence-electron chi connectivity index (χ3n) is 4.66. The first-order valence-electron chi connectivity index (χ1n) is 6.97. The summed E-state index contributed by atoms with van der Waals surface area (Å²) < 4.78 is 5.91. The zero-order chi connectivity index (χ0) is 11.7. The van der Waals surface area contributed by atoms with Crippen LogP contribution in [0.3, 0.4) is 0 Å². The number of epoxide rings is 1. The van der Waals surface area contributed by atoms with Crippen molar-refractivity contribution in [1.29, 1.82) is 0 Å². The van der Waals surface area contributed by atoms with Crippen molar-refractivity contribution in [3.8, 4) is 0 Å². The minimum atomic E-state index is 0.483. The second-order valence-corrected chi connectivity index (χ2v) is 5.92. The van der Waals surface area contributed by atoms with Crippen molar-refractivity contribution in [1.82, 2.24) is 0 Å². The fourth-order valence-electron chi connectivity index (χ4n) is 2.76. The molecule has 1 aliphatic carbocycles. The Kier molecular flexibility index (Phi) is 3.73. The summed E-state index contributed by atoms with van der Waals surface area (Å²) in [5.74, 6) is 2.39. The van der Waals surface area contributed by atoms with Gasteiger partial charge in [0.15, 0.2) is 0 Å². The molecule has 5 atom stereocenters. The van der Waals surface area contributed by atoms with Crippen LogP contribution in [0.5, 0.6) is 0 Å². The normalized spacial score (nSPS) is 37.8. The highest BCUT2D eigenvalue weighted by molar-refractivity contribution is 5.20. The van der Waals surface area contributed by atoms with E-state index in [0.29, 0.717) is 12.2 Å². The second-order valence-electron chi connectivity index (χ2n) is 5.92. The van der Waals surface area contributed by atoms with Gasteiger partial charge in [-0.1, -0.05) is 40.2 Å². The number of rotatable bonds is 4. The molecule has 92 valence electrons. The molecule has 1 heterocycles. The molecule has 0 saturated carbocycles. The molecule has 0 bridgehead atoms. The van der Waals surface area contributed by atoms with Gasteiger partial charge >= 0.3 is 0 Å². The van der Waals surface area contributed by atoms with Gasteiger partial charge in [0.1, 0.15) is 6.10 Å². The predicted molar refractivity (Wildman–Crippen MR) is 68.4 cm³/mol. The maximum atomic E-state index is 5.91. The number of hydrogen-bond donors (Lipinski definition) is 0. The van der Waals surface area contributed by atoms with Crippen LogP contribution in [-0.4, -0.2) is 12.2 Å². The zero-order valence-electron chi connectivity index (χ0n) is 11.2. The second kappa shape index (κ2) is 4.91. The molecule has 0 N–H and O–H groups in total. The Labute approximate surface area is 100 Å². The lowest BCUT2D eigenvalue weighted by molar-refractivity contribution is 0.270. The molecule has 2 rings (SSSR count). The van der Waals surface area contributed by atoms with Crippen LogP contribution in [0, 0.1) is 17.8 Å². The van der Waals surface area contributed by atoms with Crippen LogP contribution in [0.15, 0.2) is 11.6 Å². The highest BCUT2D eigenvalue weighted by Gasteiger charge is 2.46. The summed E-state index contributed by atoms with van der Waals surface area (Å²) in [6.45, 7) is 9.33. The van der Waals surface area contributed by atoms with E-state index in [2.05, 4.69) is 33.8 Å². The maximum absolute atomic E-state index is 5.91. The summed E-state index contributed by atoms with van der Waals surface area (Å²) in [5, 5.41) is 0. The lowest BCUT2D eigenvalue weighted by atomic mass is 9.84. The monoisotopic (exact) mass is 222 g/mol. The first-order valence-corrected chi connectivity index (χ1v) is 6.97. The lowest BCUT2D eigenvalue weighted by Crippen LogP contribution is -2.17. The SMILES string of the molecule is CCC(C)C(C)C1OC1C1=CCC(C)CC1. The van der Waals surface area contributed by atoms with Crippen molar-refractivity contribution >= 4 is 0 Å². The minimum absolute atomic E-state index is 0.483. The lowest BCUT2D eigenvalue weighted by Gasteiger charge is -2.19. The molecule has 0 aromatic heterocycles. The smallest absolute Gasteiger partial charge is 0.105 e. The third-order valence-corrected chi connectivity index (χ3v) is 4.66. The van der Waals surface area contributed by atoms with E-state index in [4.69, 9.17) is 4.74 Å². The summed E-state index contributed by atoms with van der Waals surface area (Å²) in [5.41, 5.74) is 1.60. The summed E-state index contributed by atoms with van der Waals surface area (Å²) >= 11 is 0. The third kappa shape index (κ3) is 2.51. The average molecular weight is 222 g/mol. The van der Waals surface area contributed by atoms with E-state index < -0.39 is 0 Å². The van der Waals surface area contributed by atoms with Crippen LogP contribution in [0.2, 0.25) is 0 Å². The molecule has 5 unspecified atom stereocenters. The molecule has 1 aliphatic heterocycles. The van der Waals surface area contributed by atoms with Crippen LogP contribution < -0.4 is 0 Å². The molecular formula is C15H26O. The summed E-state index contributed by atoms with van der Waals surface area (Å²) in [6.07, 6.45) is 8.61. The van der Waals surface area contributed by atoms with Gasteiger partial charge in [-0.05, 0) is 42.6 Å². The first kappa shape index (κ1) is 12.2. The van der Waals surface area contributed by atoms with Gasteiger partial charge in [-0.25, -0.2) is 0 Å². The summed E-state index contributed by atoms with van der Waals surface area (Å²) in [4.78, 5) is 0. The Bertz CT molecular complexity index is 269. The van der Waals surface area contributed by atoms with Gasteiger partial charge in [0.25, 0.3) is 0 Å². The topological polar surface area (TPSA) is 12.5 Å². The van der Waals surface area contributed by atoms with Crippen molar-refractivity contribution < 1.29 is 4.74 Å². The van der Waals surface area contributed by atoms with Crippen molar-refractivity contribution in [3.63, 3.8) is 0 Å². The van der Waals surface area contributed by atoms with Gasteiger partial charge in [-0.3, -0.25) is 0 Å². The molecule has 1 heteroatoms. The molecule has 1 fully saturated rings. The maximum Gasteiger partial charge on any atom is 0.105 e. The highest BCUT2D eigenvalue weighted by atomic mass is 16.6. The van der Waals surface area contributed by atoms with E-state index in [1.807, 2.05) is 0 Å². The zero-order valence-corrected chi connectivity index (χ0v) is 11.2. The Hall–Kier alpha value is -0.300. The van der Waals surface area contributed by atoms with Crippen LogP contribution in [0.25, 0.3) is 0 Å². The molecule has 1 saturated heterocycles. The Balaban J connectivity index is 1.87. The standard InChI is InChI=1S/C15H26O/c1-5-11(3)12(4)14-15(16-14)13-8-6-10(2)7-9-13/h8,10-12,14-15H,5-7,9H2,1-4H3. The fraction of sp³-hybridized carbons (Fsp3) is 0.867. The molecule has 0 spiro atoms. The number of ether oxygens (including phenoxy) is 1. The van der Waals surface area contributed by atoms with E-state index in [0.717, 1.165) is 17.8 Å². The molecule has 1 nitrogen and oxygen atoms in total. The molecule has 0 aromatic carbocycles. The molecule has 2 aliphatic rings. The molecule has 0 radical (unpaired) electrons. The molecule has 16 heavy (non-hydrogen) atoms. The molecule has 0 amide bonds. The van der Waals surface area contributed by atoms with E-state index >= 15 is 0 Å². The van der Waals surface area contributed by atoms with Crippen molar-refractivity contribution in [2.75, 3.05) is 0 Å². The van der Waals surface area contributed by atoms with Gasteiger partial charge in [-0.2, -0.15) is 0 Å². The van der Waals surface area contributed by atoms with E-state index in [1.54, 1.807) is 5.57 Å². The quantitative estimate of drug-likeness (QED) is 0.513. The first-order chi connectivity index (χ1) is 7.63. The fourth-order valence-corrected chi connectivity index (χ4v) is 2.76. The largest absolute Gasteiger partial charge is 0.365 e. The van der Waals surface area contributed by atoms with Gasteiger partial charge < -0.3 is 4.74 Å². The molecule has 0 aromatic rings. The number of hydrogen-bond acceptors (Lipinski definition) is 1. The van der Waals surface area contributed by atoms with E-state index in [1.165, 1.54) is 25.7 Å². The highest BCUT2D eigenvalue weighted by Crippen LogP contribution is 2.42. The summed E-state index contributed by atoms with van der Waals surface area (Å²) in [7, 11) is 0. The predicted octanol–water partition coefficient (Wildman–Crippen LogP) is 4.18. The Morgan fingerprint density at radius 2 is 2.19 bits per heavy atom. The number of allylic oxidation sites excluding steroid dienone is 1. The van der Waals surface area contributed by atoms with Crippen LogP contribution in [0.4, 0.5) is 0 Å². The van der Waals surface area contributed by atoms with E-state index in [-0.39, 0.29) is 0 Å². The van der Waals surface area contributed by atoms with Crippen LogP contribution in [0.1, 0.15) is 53.4 Å². The van der Waals surface area contributed by atoms with Crippen LogP contribution in [-0.2, 0) is 4.74 Å². The Morgan fingerprint density at radius 3 is 2.75 bits per heavy atom. The van der Waals surface area contributed by atoms with Gasteiger partial charge in [0.05, 0.1) is 6.10 Å². The van der Waals surface area contributed by atoms with Gasteiger partial charge in [0, 0.05) is 0 Å².